The van der Waals surface area contributed by atoms with Gasteiger partial charge in [0.1, 0.15) is 10.3 Å². The van der Waals surface area contributed by atoms with Gasteiger partial charge in [0.2, 0.25) is 11.1 Å². The summed E-state index contributed by atoms with van der Waals surface area (Å²) in [6, 6.07) is 10.0. The fourth-order valence-corrected chi connectivity index (χ4v) is 4.78. The van der Waals surface area contributed by atoms with Gasteiger partial charge >= 0.3 is 5.97 Å². The minimum Gasteiger partial charge on any atom is -0.480 e. The summed E-state index contributed by atoms with van der Waals surface area (Å²) in [4.78, 5) is 14.6. The Bertz CT molecular complexity index is 893. The number of hydrogen-bond acceptors (Lipinski definition) is 5. The van der Waals surface area contributed by atoms with Crippen LogP contribution in [0.15, 0.2) is 50.6 Å². The molecular weight excluding hydrogens is 428 g/mol. The summed E-state index contributed by atoms with van der Waals surface area (Å²) in [5.74, 6) is -1.08. The molecule has 25 heavy (non-hydrogen) atoms. The lowest BCUT2D eigenvalue weighted by atomic mass is 10.1. The number of aromatic nitrogens is 1. The number of aromatic amines is 1. The van der Waals surface area contributed by atoms with E-state index in [-0.39, 0.29) is 13.8 Å². The van der Waals surface area contributed by atoms with Crippen molar-refractivity contribution in [3.05, 3.63) is 51.9 Å². The standard InChI is InChI=1S/C15H13BrN2O4S2.CH4/c16-13-5-6-14(23-13)24(21)22-18-12(15(19)20)7-9-8-17-11-4-2-1-3-10(9)11;/h1-6,8,12,17-18H,7H2,(H,19,20);1H4. The fraction of sp³-hybridized carbons (Fsp3) is 0.188. The molecule has 0 aliphatic heterocycles. The Morgan fingerprint density at radius 1 is 1.36 bits per heavy atom. The van der Waals surface area contributed by atoms with Gasteiger partial charge in [-0.15, -0.1) is 11.3 Å². The molecule has 0 spiro atoms. The Labute approximate surface area is 160 Å². The molecule has 3 aromatic rings. The van der Waals surface area contributed by atoms with E-state index in [1.165, 1.54) is 11.3 Å². The SMILES string of the molecule is C.O=C(O)C(Cc1c[nH]c2ccccc12)NOS(=O)c1ccc(Br)s1. The van der Waals surface area contributed by atoms with Gasteiger partial charge in [-0.3, -0.25) is 4.79 Å². The quantitative estimate of drug-likeness (QED) is 0.481. The number of carboxylic acid groups (broad SMARTS) is 1. The molecule has 0 bridgehead atoms. The third kappa shape index (κ3) is 4.77. The zero-order valence-electron chi connectivity index (χ0n) is 12.2. The number of carbonyl (C=O) groups is 1. The number of thiophene rings is 1. The van der Waals surface area contributed by atoms with Crippen molar-refractivity contribution >= 4 is 55.2 Å². The van der Waals surface area contributed by atoms with Crippen molar-refractivity contribution in [1.29, 1.82) is 0 Å². The number of rotatable bonds is 7. The highest BCUT2D eigenvalue weighted by Gasteiger charge is 2.21. The normalized spacial score (nSPS) is 13.3. The smallest absolute Gasteiger partial charge is 0.323 e. The van der Waals surface area contributed by atoms with Gasteiger partial charge in [0.15, 0.2) is 0 Å². The van der Waals surface area contributed by atoms with E-state index in [1.54, 1.807) is 18.3 Å². The molecule has 6 nitrogen and oxygen atoms in total. The van der Waals surface area contributed by atoms with E-state index >= 15 is 0 Å². The number of hydroxylamine groups is 1. The number of carboxylic acids is 1. The summed E-state index contributed by atoms with van der Waals surface area (Å²) < 4.78 is 18.4. The highest BCUT2D eigenvalue weighted by Crippen LogP contribution is 2.25. The van der Waals surface area contributed by atoms with Gasteiger partial charge in [0.25, 0.3) is 0 Å². The molecular formula is C16H17BrN2O4S2. The average Bonchev–Trinajstić information content (AvgIpc) is 3.17. The topological polar surface area (TPSA) is 91.4 Å². The van der Waals surface area contributed by atoms with Gasteiger partial charge in [0, 0.05) is 23.5 Å². The molecule has 9 heteroatoms. The van der Waals surface area contributed by atoms with Crippen LogP contribution in [0.2, 0.25) is 0 Å². The second-order valence-electron chi connectivity index (χ2n) is 4.95. The van der Waals surface area contributed by atoms with Crippen LogP contribution in [0.5, 0.6) is 0 Å². The summed E-state index contributed by atoms with van der Waals surface area (Å²) in [7, 11) is 0. The Balaban J connectivity index is 0.00000225. The van der Waals surface area contributed by atoms with Gasteiger partial charge in [-0.05, 0) is 39.7 Å². The van der Waals surface area contributed by atoms with Crippen LogP contribution >= 0.6 is 27.3 Å². The summed E-state index contributed by atoms with van der Waals surface area (Å²) in [6.45, 7) is 0. The molecule has 0 radical (unpaired) electrons. The van der Waals surface area contributed by atoms with Crippen LogP contribution in [-0.2, 0) is 26.6 Å². The van der Waals surface area contributed by atoms with Crippen LogP contribution in [0, 0.1) is 0 Å². The summed E-state index contributed by atoms with van der Waals surface area (Å²) in [5, 5.41) is 10.3. The van der Waals surface area contributed by atoms with E-state index in [2.05, 4.69) is 26.4 Å². The van der Waals surface area contributed by atoms with Crippen LogP contribution < -0.4 is 5.48 Å². The third-order valence-electron chi connectivity index (χ3n) is 3.38. The number of H-pyrrole nitrogens is 1. The lowest BCUT2D eigenvalue weighted by Gasteiger charge is -2.12. The maximum atomic E-state index is 12.0. The number of nitrogens with one attached hydrogen (secondary N) is 2. The Hall–Kier alpha value is -1.52. The number of hydrogen-bond donors (Lipinski definition) is 3. The van der Waals surface area contributed by atoms with Gasteiger partial charge in [-0.25, -0.2) is 4.21 Å². The zero-order chi connectivity index (χ0) is 17.1. The fourth-order valence-electron chi connectivity index (χ4n) is 2.23. The molecule has 0 saturated carbocycles. The molecule has 3 N–H and O–H groups in total. The largest absolute Gasteiger partial charge is 0.480 e. The van der Waals surface area contributed by atoms with Gasteiger partial charge < -0.3 is 10.1 Å². The number of fused-ring (bicyclic) bond motifs is 1. The van der Waals surface area contributed by atoms with Crippen molar-refractivity contribution in [2.45, 2.75) is 24.1 Å². The second-order valence-corrected chi connectivity index (χ2v) is 8.75. The summed E-state index contributed by atoms with van der Waals surface area (Å²) in [6.07, 6.45) is 1.97. The minimum absolute atomic E-state index is 0. The van der Waals surface area contributed by atoms with E-state index < -0.39 is 23.1 Å². The van der Waals surface area contributed by atoms with Crippen molar-refractivity contribution in [3.63, 3.8) is 0 Å². The van der Waals surface area contributed by atoms with Crippen molar-refractivity contribution in [2.24, 2.45) is 0 Å². The molecule has 0 amide bonds. The van der Waals surface area contributed by atoms with E-state index in [1.807, 2.05) is 24.3 Å². The van der Waals surface area contributed by atoms with E-state index in [0.717, 1.165) is 20.3 Å². The molecule has 3 rings (SSSR count). The second kappa shape index (κ2) is 8.72. The maximum Gasteiger partial charge on any atom is 0.323 e. The Kier molecular flexibility index (Phi) is 6.91. The number of benzene rings is 1. The monoisotopic (exact) mass is 444 g/mol. The molecule has 0 fully saturated rings. The molecule has 2 atom stereocenters. The maximum absolute atomic E-state index is 12.0. The number of para-hydroxylation sites is 1. The van der Waals surface area contributed by atoms with Gasteiger partial charge in [-0.2, -0.15) is 9.76 Å². The number of halogens is 1. The first kappa shape index (κ1) is 19.8. The number of aliphatic carboxylic acids is 1. The van der Waals surface area contributed by atoms with E-state index in [0.29, 0.717) is 4.21 Å². The lowest BCUT2D eigenvalue weighted by molar-refractivity contribution is -0.141. The predicted molar refractivity (Wildman–Crippen MR) is 103 cm³/mol. The summed E-state index contributed by atoms with van der Waals surface area (Å²) in [5.41, 5.74) is 4.19. The average molecular weight is 445 g/mol. The Morgan fingerprint density at radius 3 is 2.80 bits per heavy atom. The zero-order valence-corrected chi connectivity index (χ0v) is 15.4. The molecule has 1 aromatic carbocycles. The Morgan fingerprint density at radius 2 is 2.12 bits per heavy atom. The van der Waals surface area contributed by atoms with Crippen LogP contribution in [-0.4, -0.2) is 26.3 Å². The summed E-state index contributed by atoms with van der Waals surface area (Å²) >= 11 is 2.77. The van der Waals surface area contributed by atoms with Crippen molar-refractivity contribution in [2.75, 3.05) is 0 Å². The highest BCUT2D eigenvalue weighted by atomic mass is 79.9. The third-order valence-corrected chi connectivity index (χ3v) is 6.16. The molecule has 2 heterocycles. The van der Waals surface area contributed by atoms with Gasteiger partial charge in [-0.1, -0.05) is 25.6 Å². The van der Waals surface area contributed by atoms with Crippen LogP contribution in [0.25, 0.3) is 10.9 Å². The van der Waals surface area contributed by atoms with Crippen molar-refractivity contribution in [3.8, 4) is 0 Å². The lowest BCUT2D eigenvalue weighted by Crippen LogP contribution is -2.38. The van der Waals surface area contributed by atoms with E-state index in [9.17, 15) is 14.1 Å². The first-order valence-corrected chi connectivity index (χ1v) is 9.61. The molecule has 134 valence electrons. The van der Waals surface area contributed by atoms with Crippen molar-refractivity contribution in [1.82, 2.24) is 10.5 Å². The predicted octanol–water partition coefficient (Wildman–Crippen LogP) is 3.87. The van der Waals surface area contributed by atoms with Gasteiger partial charge in [0.05, 0.1) is 3.79 Å². The van der Waals surface area contributed by atoms with Crippen molar-refractivity contribution < 1.29 is 18.4 Å². The van der Waals surface area contributed by atoms with Crippen LogP contribution in [0.3, 0.4) is 0 Å². The first-order valence-electron chi connectivity index (χ1n) is 6.92. The van der Waals surface area contributed by atoms with Crippen LogP contribution in [0.1, 0.15) is 13.0 Å². The molecule has 2 unspecified atom stereocenters. The molecule has 0 aliphatic carbocycles. The first-order chi connectivity index (χ1) is 11.5. The molecule has 0 aliphatic rings. The molecule has 2 aromatic heterocycles. The van der Waals surface area contributed by atoms with Crippen LogP contribution in [0.4, 0.5) is 0 Å². The van der Waals surface area contributed by atoms with E-state index in [4.69, 9.17) is 4.28 Å². The minimum atomic E-state index is -1.77. The molecule has 0 saturated heterocycles. The highest BCUT2D eigenvalue weighted by molar-refractivity contribution is 9.11.